The largest absolute Gasteiger partial charge is 0.454 e. The lowest BCUT2D eigenvalue weighted by Crippen LogP contribution is -2.15. The van der Waals surface area contributed by atoms with Crippen LogP contribution in [0.3, 0.4) is 0 Å². The molecule has 1 aliphatic heterocycles. The first-order valence-electron chi connectivity index (χ1n) is 6.72. The molecule has 5 heteroatoms. The van der Waals surface area contributed by atoms with Crippen molar-refractivity contribution in [2.24, 2.45) is 5.73 Å². The molecule has 2 N–H and O–H groups in total. The average molecular weight is 306 g/mol. The van der Waals surface area contributed by atoms with Gasteiger partial charge in [-0.3, -0.25) is 0 Å². The molecule has 0 radical (unpaired) electrons. The van der Waals surface area contributed by atoms with Crippen LogP contribution in [-0.4, -0.2) is 13.3 Å². The second kappa shape index (κ2) is 6.35. The molecular formula is C16H16ClNO3. The van der Waals surface area contributed by atoms with E-state index in [4.69, 9.17) is 31.5 Å². The van der Waals surface area contributed by atoms with E-state index in [2.05, 4.69) is 0 Å². The third-order valence-corrected chi connectivity index (χ3v) is 3.56. The highest BCUT2D eigenvalue weighted by Gasteiger charge is 2.15. The normalized spacial score (nSPS) is 14.2. The van der Waals surface area contributed by atoms with Crippen molar-refractivity contribution >= 4 is 11.6 Å². The van der Waals surface area contributed by atoms with E-state index >= 15 is 0 Å². The molecule has 0 saturated heterocycles. The van der Waals surface area contributed by atoms with Gasteiger partial charge in [0.05, 0.1) is 12.7 Å². The molecule has 3 rings (SSSR count). The van der Waals surface area contributed by atoms with Gasteiger partial charge < -0.3 is 19.9 Å². The highest BCUT2D eigenvalue weighted by molar-refractivity contribution is 6.30. The van der Waals surface area contributed by atoms with Gasteiger partial charge in [0.2, 0.25) is 6.79 Å². The Bertz CT molecular complexity index is 633. The molecule has 1 unspecified atom stereocenters. The molecule has 0 amide bonds. The fraction of sp³-hybridized carbons (Fsp3) is 0.250. The van der Waals surface area contributed by atoms with Crippen LogP contribution in [0.25, 0.3) is 0 Å². The SMILES string of the molecule is NCC(OCc1ccc2c(c1)OCO2)c1cccc(Cl)c1. The van der Waals surface area contributed by atoms with Crippen LogP contribution in [0.4, 0.5) is 0 Å². The van der Waals surface area contributed by atoms with Crippen molar-refractivity contribution in [2.45, 2.75) is 12.7 Å². The summed E-state index contributed by atoms with van der Waals surface area (Å²) in [6, 6.07) is 13.3. The molecule has 2 aromatic carbocycles. The minimum atomic E-state index is -0.186. The van der Waals surface area contributed by atoms with Crippen LogP contribution in [0.1, 0.15) is 17.2 Å². The van der Waals surface area contributed by atoms with Crippen LogP contribution in [0, 0.1) is 0 Å². The van der Waals surface area contributed by atoms with Gasteiger partial charge in [-0.25, -0.2) is 0 Å². The van der Waals surface area contributed by atoms with Gasteiger partial charge in [-0.1, -0.05) is 29.8 Å². The molecule has 0 aromatic heterocycles. The predicted molar refractivity (Wildman–Crippen MR) is 80.6 cm³/mol. The Kier molecular flexibility index (Phi) is 4.29. The molecular weight excluding hydrogens is 290 g/mol. The Hall–Kier alpha value is -1.75. The fourth-order valence-corrected chi connectivity index (χ4v) is 2.43. The van der Waals surface area contributed by atoms with Crippen molar-refractivity contribution in [3.05, 3.63) is 58.6 Å². The second-order valence-corrected chi connectivity index (χ2v) is 5.21. The highest BCUT2D eigenvalue weighted by atomic mass is 35.5. The van der Waals surface area contributed by atoms with E-state index in [9.17, 15) is 0 Å². The molecule has 0 bridgehead atoms. The van der Waals surface area contributed by atoms with Gasteiger partial charge in [-0.05, 0) is 35.4 Å². The van der Waals surface area contributed by atoms with Crippen LogP contribution < -0.4 is 15.2 Å². The van der Waals surface area contributed by atoms with Crippen molar-refractivity contribution in [3.8, 4) is 11.5 Å². The maximum Gasteiger partial charge on any atom is 0.231 e. The van der Waals surface area contributed by atoms with Gasteiger partial charge in [-0.2, -0.15) is 0 Å². The summed E-state index contributed by atoms with van der Waals surface area (Å²) in [5, 5.41) is 0.678. The molecule has 1 atom stereocenters. The van der Waals surface area contributed by atoms with Crippen molar-refractivity contribution in [3.63, 3.8) is 0 Å². The number of hydrogen-bond donors (Lipinski definition) is 1. The Balaban J connectivity index is 1.68. The summed E-state index contributed by atoms with van der Waals surface area (Å²) < 4.78 is 16.5. The first-order chi connectivity index (χ1) is 10.3. The van der Waals surface area contributed by atoms with Crippen molar-refractivity contribution in [1.82, 2.24) is 0 Å². The summed E-state index contributed by atoms with van der Waals surface area (Å²) in [6.07, 6.45) is -0.186. The summed E-state index contributed by atoms with van der Waals surface area (Å²) in [4.78, 5) is 0. The minimum Gasteiger partial charge on any atom is -0.454 e. The van der Waals surface area contributed by atoms with E-state index in [1.807, 2.05) is 42.5 Å². The van der Waals surface area contributed by atoms with Gasteiger partial charge in [0.25, 0.3) is 0 Å². The number of halogens is 1. The average Bonchev–Trinajstić information content (AvgIpc) is 2.95. The first kappa shape index (κ1) is 14.2. The molecule has 0 saturated carbocycles. The third-order valence-electron chi connectivity index (χ3n) is 3.32. The molecule has 1 heterocycles. The molecule has 21 heavy (non-hydrogen) atoms. The van der Waals surface area contributed by atoms with Crippen molar-refractivity contribution < 1.29 is 14.2 Å². The van der Waals surface area contributed by atoms with E-state index in [0.717, 1.165) is 22.6 Å². The lowest BCUT2D eigenvalue weighted by atomic mass is 10.1. The van der Waals surface area contributed by atoms with Gasteiger partial charge in [0.1, 0.15) is 0 Å². The summed E-state index contributed by atoms with van der Waals surface area (Å²) in [6.45, 7) is 1.11. The van der Waals surface area contributed by atoms with E-state index < -0.39 is 0 Å². The van der Waals surface area contributed by atoms with Crippen molar-refractivity contribution in [2.75, 3.05) is 13.3 Å². The number of fused-ring (bicyclic) bond motifs is 1. The zero-order valence-corrected chi connectivity index (χ0v) is 12.2. The van der Waals surface area contributed by atoms with E-state index in [1.54, 1.807) is 0 Å². The lowest BCUT2D eigenvalue weighted by Gasteiger charge is -2.17. The molecule has 110 valence electrons. The number of hydrogen-bond acceptors (Lipinski definition) is 4. The number of nitrogens with two attached hydrogens (primary N) is 1. The Morgan fingerprint density at radius 1 is 1.14 bits per heavy atom. The van der Waals surface area contributed by atoms with Crippen LogP contribution in [0.2, 0.25) is 5.02 Å². The maximum atomic E-state index is 6.00. The quantitative estimate of drug-likeness (QED) is 0.921. The third kappa shape index (κ3) is 3.29. The van der Waals surface area contributed by atoms with E-state index in [-0.39, 0.29) is 12.9 Å². The number of ether oxygens (including phenoxy) is 3. The summed E-state index contributed by atoms with van der Waals surface area (Å²) in [7, 11) is 0. The minimum absolute atomic E-state index is 0.186. The van der Waals surface area contributed by atoms with Crippen LogP contribution in [0.5, 0.6) is 11.5 Å². The molecule has 1 aliphatic rings. The lowest BCUT2D eigenvalue weighted by molar-refractivity contribution is 0.0456. The maximum absolute atomic E-state index is 6.00. The molecule has 0 aliphatic carbocycles. The smallest absolute Gasteiger partial charge is 0.231 e. The zero-order valence-electron chi connectivity index (χ0n) is 11.4. The first-order valence-corrected chi connectivity index (χ1v) is 7.10. The predicted octanol–water partition coefficient (Wildman–Crippen LogP) is 3.29. The standard InChI is InChI=1S/C16H16ClNO3/c17-13-3-1-2-12(7-13)16(8-18)19-9-11-4-5-14-15(6-11)21-10-20-14/h1-7,16H,8-10,18H2. The van der Waals surface area contributed by atoms with Gasteiger partial charge >= 0.3 is 0 Å². The zero-order chi connectivity index (χ0) is 14.7. The topological polar surface area (TPSA) is 53.7 Å². The number of benzene rings is 2. The van der Waals surface area contributed by atoms with Crippen LogP contribution in [-0.2, 0) is 11.3 Å². The second-order valence-electron chi connectivity index (χ2n) is 4.78. The molecule has 0 fully saturated rings. The van der Waals surface area contributed by atoms with Gasteiger partial charge in [-0.15, -0.1) is 0 Å². The fourth-order valence-electron chi connectivity index (χ4n) is 2.23. The summed E-state index contributed by atoms with van der Waals surface area (Å²) >= 11 is 6.00. The summed E-state index contributed by atoms with van der Waals surface area (Å²) in [5.41, 5.74) is 7.79. The van der Waals surface area contributed by atoms with Gasteiger partial charge in [0, 0.05) is 11.6 Å². The Morgan fingerprint density at radius 2 is 2.00 bits per heavy atom. The van der Waals surface area contributed by atoms with Gasteiger partial charge in [0.15, 0.2) is 11.5 Å². The highest BCUT2D eigenvalue weighted by Crippen LogP contribution is 2.33. The number of rotatable bonds is 5. The van der Waals surface area contributed by atoms with E-state index in [1.165, 1.54) is 0 Å². The molecule has 4 nitrogen and oxygen atoms in total. The van der Waals surface area contributed by atoms with Crippen LogP contribution in [0.15, 0.2) is 42.5 Å². The molecule has 2 aromatic rings. The summed E-state index contributed by atoms with van der Waals surface area (Å²) in [5.74, 6) is 1.52. The Morgan fingerprint density at radius 3 is 2.81 bits per heavy atom. The monoisotopic (exact) mass is 305 g/mol. The van der Waals surface area contributed by atoms with Crippen molar-refractivity contribution in [1.29, 1.82) is 0 Å². The molecule has 0 spiro atoms. The van der Waals surface area contributed by atoms with E-state index in [0.29, 0.717) is 18.2 Å². The van der Waals surface area contributed by atoms with Crippen LogP contribution >= 0.6 is 11.6 Å². The Labute approximate surface area is 128 Å².